The van der Waals surface area contributed by atoms with Crippen molar-refractivity contribution in [2.75, 3.05) is 0 Å². The van der Waals surface area contributed by atoms with Crippen LogP contribution in [0.15, 0.2) is 23.8 Å². The smallest absolute Gasteiger partial charge is 0.106 e. The quantitative estimate of drug-likeness (QED) is 0.483. The third-order valence-corrected chi connectivity index (χ3v) is 1.22. The van der Waals surface area contributed by atoms with Gasteiger partial charge in [0.25, 0.3) is 0 Å². The number of carbonyl (C=O) groups excluding carboxylic acids is 1. The molecule has 1 aliphatic carbocycles. The summed E-state index contributed by atoms with van der Waals surface area (Å²) in [5.41, 5.74) is 1.50. The molecule has 0 amide bonds. The minimum atomic E-state index is 1.24. The highest BCUT2D eigenvalue weighted by atomic mass is 16.1. The van der Waals surface area contributed by atoms with Gasteiger partial charge in [-0.3, -0.25) is 0 Å². The molecule has 0 unspecified atom stereocenters. The molecule has 0 aliphatic heterocycles. The highest BCUT2D eigenvalue weighted by Crippen LogP contribution is 2.08. The van der Waals surface area contributed by atoms with E-state index >= 15 is 0 Å². The Labute approximate surface area is 56.1 Å². The van der Waals surface area contributed by atoms with Crippen molar-refractivity contribution in [3.05, 3.63) is 23.8 Å². The standard InChI is InChI=1S/C7H10.CH2O/c1-7-5-3-2-4-6-7;1-2/h2-3,5H,4,6H2,1H3;1H2. The Balaban J connectivity index is 0.000000291. The summed E-state index contributed by atoms with van der Waals surface area (Å²) < 4.78 is 0. The second-order valence-corrected chi connectivity index (χ2v) is 1.98. The third-order valence-electron chi connectivity index (χ3n) is 1.22. The van der Waals surface area contributed by atoms with E-state index in [1.807, 2.05) is 6.79 Å². The summed E-state index contributed by atoms with van der Waals surface area (Å²) in [6, 6.07) is 0. The van der Waals surface area contributed by atoms with Crippen LogP contribution in [0.1, 0.15) is 19.8 Å². The minimum absolute atomic E-state index is 1.24. The molecule has 0 fully saturated rings. The number of rotatable bonds is 0. The van der Waals surface area contributed by atoms with Gasteiger partial charge in [0.1, 0.15) is 6.79 Å². The monoisotopic (exact) mass is 124 g/mol. The molecule has 0 N–H and O–H groups in total. The summed E-state index contributed by atoms with van der Waals surface area (Å²) >= 11 is 0. The molecule has 0 spiro atoms. The highest BCUT2D eigenvalue weighted by Gasteiger charge is 1.88. The predicted molar refractivity (Wildman–Crippen MR) is 39.3 cm³/mol. The maximum Gasteiger partial charge on any atom is 0.106 e. The van der Waals surface area contributed by atoms with E-state index in [0.29, 0.717) is 0 Å². The molecule has 0 saturated heterocycles. The molecule has 50 valence electrons. The first kappa shape index (κ1) is 8.15. The van der Waals surface area contributed by atoms with Gasteiger partial charge in [-0.1, -0.05) is 23.8 Å². The summed E-state index contributed by atoms with van der Waals surface area (Å²) in [5, 5.41) is 0. The molecule has 0 bridgehead atoms. The first-order valence-electron chi connectivity index (χ1n) is 3.01. The molecule has 1 aliphatic rings. The van der Waals surface area contributed by atoms with Crippen molar-refractivity contribution in [3.8, 4) is 0 Å². The van der Waals surface area contributed by atoms with Crippen molar-refractivity contribution in [1.29, 1.82) is 0 Å². The van der Waals surface area contributed by atoms with Crippen LogP contribution < -0.4 is 0 Å². The first-order valence-corrected chi connectivity index (χ1v) is 3.01. The lowest BCUT2D eigenvalue weighted by Gasteiger charge is -1.98. The van der Waals surface area contributed by atoms with Gasteiger partial charge in [-0.25, -0.2) is 0 Å². The SMILES string of the molecule is C=O.CC1=CC=CCC1. The Hall–Kier alpha value is -0.850. The van der Waals surface area contributed by atoms with Gasteiger partial charge in [0.05, 0.1) is 0 Å². The average molecular weight is 124 g/mol. The molecule has 0 aromatic carbocycles. The molecule has 0 aromatic heterocycles. The fourth-order valence-electron chi connectivity index (χ4n) is 0.723. The molecule has 1 rings (SSSR count). The van der Waals surface area contributed by atoms with Gasteiger partial charge < -0.3 is 4.79 Å². The van der Waals surface area contributed by atoms with Gasteiger partial charge in [0.2, 0.25) is 0 Å². The van der Waals surface area contributed by atoms with Crippen LogP contribution in [0.2, 0.25) is 0 Å². The molecular formula is C8H12O. The van der Waals surface area contributed by atoms with Crippen molar-refractivity contribution in [2.45, 2.75) is 19.8 Å². The summed E-state index contributed by atoms with van der Waals surface area (Å²) in [6.45, 7) is 4.17. The summed E-state index contributed by atoms with van der Waals surface area (Å²) in [4.78, 5) is 8.00. The largest absolute Gasteiger partial charge is 0.307 e. The van der Waals surface area contributed by atoms with E-state index in [1.165, 1.54) is 18.4 Å². The lowest BCUT2D eigenvalue weighted by molar-refractivity contribution is -0.0979. The van der Waals surface area contributed by atoms with Gasteiger partial charge >= 0.3 is 0 Å². The lowest BCUT2D eigenvalue weighted by atomic mass is 10.1. The number of hydrogen-bond donors (Lipinski definition) is 0. The van der Waals surface area contributed by atoms with Crippen molar-refractivity contribution in [3.63, 3.8) is 0 Å². The van der Waals surface area contributed by atoms with Crippen LogP contribution in [0.5, 0.6) is 0 Å². The Bertz CT molecular complexity index is 123. The fourth-order valence-corrected chi connectivity index (χ4v) is 0.723. The Morgan fingerprint density at radius 3 is 2.44 bits per heavy atom. The topological polar surface area (TPSA) is 17.1 Å². The second-order valence-electron chi connectivity index (χ2n) is 1.98. The molecule has 0 heterocycles. The van der Waals surface area contributed by atoms with Crippen molar-refractivity contribution in [1.82, 2.24) is 0 Å². The van der Waals surface area contributed by atoms with Gasteiger partial charge in [0.15, 0.2) is 0 Å². The van der Waals surface area contributed by atoms with E-state index in [1.54, 1.807) is 0 Å². The van der Waals surface area contributed by atoms with Crippen molar-refractivity contribution in [2.24, 2.45) is 0 Å². The summed E-state index contributed by atoms with van der Waals surface area (Å²) in [6.07, 6.45) is 8.99. The maximum absolute atomic E-state index is 8.00. The van der Waals surface area contributed by atoms with Crippen molar-refractivity contribution < 1.29 is 4.79 Å². The second kappa shape index (κ2) is 5.29. The number of hydrogen-bond acceptors (Lipinski definition) is 1. The summed E-state index contributed by atoms with van der Waals surface area (Å²) in [5.74, 6) is 0. The number of carbonyl (C=O) groups is 1. The first-order chi connectivity index (χ1) is 4.39. The molecule has 1 nitrogen and oxygen atoms in total. The van der Waals surface area contributed by atoms with Gasteiger partial charge in [-0.15, -0.1) is 0 Å². The lowest BCUT2D eigenvalue weighted by Crippen LogP contribution is -1.78. The van der Waals surface area contributed by atoms with E-state index in [9.17, 15) is 0 Å². The molecule has 0 aromatic rings. The van der Waals surface area contributed by atoms with Crippen LogP contribution in [-0.2, 0) is 4.79 Å². The number of allylic oxidation sites excluding steroid dienone is 4. The summed E-state index contributed by atoms with van der Waals surface area (Å²) in [7, 11) is 0. The highest BCUT2D eigenvalue weighted by molar-refractivity contribution is 5.15. The zero-order valence-corrected chi connectivity index (χ0v) is 5.76. The Morgan fingerprint density at radius 1 is 1.56 bits per heavy atom. The molecule has 1 heteroatoms. The average Bonchev–Trinajstić information content (AvgIpc) is 1.94. The van der Waals surface area contributed by atoms with Crippen LogP contribution >= 0.6 is 0 Å². The zero-order valence-electron chi connectivity index (χ0n) is 5.76. The van der Waals surface area contributed by atoms with Gasteiger partial charge in [0, 0.05) is 0 Å². The van der Waals surface area contributed by atoms with E-state index < -0.39 is 0 Å². The predicted octanol–water partition coefficient (Wildman–Crippen LogP) is 2.10. The van der Waals surface area contributed by atoms with Gasteiger partial charge in [-0.05, 0) is 19.8 Å². The Morgan fingerprint density at radius 2 is 2.22 bits per heavy atom. The molecular weight excluding hydrogens is 112 g/mol. The van der Waals surface area contributed by atoms with Crippen LogP contribution in [0.3, 0.4) is 0 Å². The van der Waals surface area contributed by atoms with Gasteiger partial charge in [-0.2, -0.15) is 0 Å². The maximum atomic E-state index is 8.00. The van der Waals surface area contributed by atoms with Crippen molar-refractivity contribution >= 4 is 6.79 Å². The molecule has 0 atom stereocenters. The minimum Gasteiger partial charge on any atom is -0.307 e. The van der Waals surface area contributed by atoms with E-state index in [2.05, 4.69) is 25.2 Å². The van der Waals surface area contributed by atoms with E-state index in [0.717, 1.165) is 0 Å². The Kier molecular flexibility index (Phi) is 4.79. The molecule has 9 heavy (non-hydrogen) atoms. The van der Waals surface area contributed by atoms with Crippen LogP contribution in [0, 0.1) is 0 Å². The molecule has 0 saturated carbocycles. The van der Waals surface area contributed by atoms with Crippen LogP contribution in [-0.4, -0.2) is 6.79 Å². The van der Waals surface area contributed by atoms with Crippen LogP contribution in [0.4, 0.5) is 0 Å². The molecule has 0 radical (unpaired) electrons. The third kappa shape index (κ3) is 3.71. The van der Waals surface area contributed by atoms with E-state index in [-0.39, 0.29) is 0 Å². The normalized spacial score (nSPS) is 15.4. The fraction of sp³-hybridized carbons (Fsp3) is 0.375. The zero-order chi connectivity index (χ0) is 7.11. The van der Waals surface area contributed by atoms with E-state index in [4.69, 9.17) is 4.79 Å². The van der Waals surface area contributed by atoms with Crippen LogP contribution in [0.25, 0.3) is 0 Å².